The molecule has 1 aliphatic heterocycles. The fraction of sp³-hybridized carbons (Fsp3) is 0.250. The molecule has 0 fully saturated rings. The molecule has 0 aromatic heterocycles. The first-order valence-corrected chi connectivity index (χ1v) is 11.4. The van der Waals surface area contributed by atoms with Gasteiger partial charge in [-0.1, -0.05) is 49.4 Å². The molecule has 0 saturated heterocycles. The van der Waals surface area contributed by atoms with Crippen molar-refractivity contribution >= 4 is 5.91 Å². The van der Waals surface area contributed by atoms with E-state index >= 15 is 0 Å². The van der Waals surface area contributed by atoms with Crippen LogP contribution in [0.25, 0.3) is 11.1 Å². The largest absolute Gasteiger partial charge is 0.461 e. The molecule has 34 heavy (non-hydrogen) atoms. The van der Waals surface area contributed by atoms with E-state index in [9.17, 15) is 18.0 Å². The van der Waals surface area contributed by atoms with Crippen LogP contribution in [-0.4, -0.2) is 5.91 Å². The van der Waals surface area contributed by atoms with Crippen molar-refractivity contribution in [3.63, 3.8) is 0 Å². The summed E-state index contributed by atoms with van der Waals surface area (Å²) in [5, 5.41) is 3.17. The summed E-state index contributed by atoms with van der Waals surface area (Å²) in [7, 11) is 0. The molecule has 6 heteroatoms. The normalized spacial score (nSPS) is 19.2. The monoisotopic (exact) mass is 463 g/mol. The van der Waals surface area contributed by atoms with Gasteiger partial charge in [0.05, 0.1) is 11.6 Å². The number of benzene rings is 3. The quantitative estimate of drug-likeness (QED) is 0.437. The minimum Gasteiger partial charge on any atom is -0.461 e. The predicted octanol–water partition coefficient (Wildman–Crippen LogP) is 6.73. The minimum absolute atomic E-state index is 0.0814. The Bertz CT molecular complexity index is 1330. The smallest absolute Gasteiger partial charge is 0.251 e. The van der Waals surface area contributed by atoms with Gasteiger partial charge in [-0.25, -0.2) is 13.2 Å². The van der Waals surface area contributed by atoms with Crippen LogP contribution in [0, 0.1) is 17.5 Å². The first-order chi connectivity index (χ1) is 16.3. The molecular formula is C28H24F3NO2. The van der Waals surface area contributed by atoms with E-state index in [4.69, 9.17) is 4.74 Å². The summed E-state index contributed by atoms with van der Waals surface area (Å²) < 4.78 is 48.3. The summed E-state index contributed by atoms with van der Waals surface area (Å²) in [6, 6.07) is 14.5. The number of carbonyl (C=O) groups excluding carboxylic acids is 1. The molecular weight excluding hydrogens is 439 g/mol. The SMILES string of the molecule is CC1=C(C(=O)N[C@H]2CCCc3ccccc32)C(C)c2cccc(-c3cc(F)cc(F)c3F)c2O1. The van der Waals surface area contributed by atoms with Gasteiger partial charge >= 0.3 is 0 Å². The third-order valence-electron chi connectivity index (χ3n) is 6.78. The molecule has 1 amide bonds. The van der Waals surface area contributed by atoms with E-state index < -0.39 is 17.5 Å². The van der Waals surface area contributed by atoms with E-state index in [1.165, 1.54) is 5.56 Å². The van der Waals surface area contributed by atoms with Gasteiger partial charge in [-0.2, -0.15) is 0 Å². The highest BCUT2D eigenvalue weighted by atomic mass is 19.2. The van der Waals surface area contributed by atoms with Gasteiger partial charge in [-0.15, -0.1) is 0 Å². The van der Waals surface area contributed by atoms with Crippen molar-refractivity contribution in [3.05, 3.63) is 100 Å². The highest BCUT2D eigenvalue weighted by molar-refractivity contribution is 5.96. The average Bonchev–Trinajstić information content (AvgIpc) is 2.81. The van der Waals surface area contributed by atoms with E-state index in [-0.39, 0.29) is 29.0 Å². The molecule has 3 aromatic rings. The van der Waals surface area contributed by atoms with Gasteiger partial charge in [0.1, 0.15) is 17.3 Å². The van der Waals surface area contributed by atoms with Crippen LogP contribution < -0.4 is 10.1 Å². The number of amides is 1. The molecule has 174 valence electrons. The lowest BCUT2D eigenvalue weighted by atomic mass is 9.85. The first kappa shape index (κ1) is 22.3. The number of fused-ring (bicyclic) bond motifs is 2. The minimum atomic E-state index is -1.27. The van der Waals surface area contributed by atoms with Crippen LogP contribution >= 0.6 is 0 Å². The number of hydrogen-bond acceptors (Lipinski definition) is 2. The molecule has 1 heterocycles. The molecule has 5 rings (SSSR count). The van der Waals surface area contributed by atoms with Gasteiger partial charge in [-0.3, -0.25) is 4.79 Å². The van der Waals surface area contributed by atoms with E-state index in [1.807, 2.05) is 19.1 Å². The van der Waals surface area contributed by atoms with E-state index in [0.29, 0.717) is 28.7 Å². The molecule has 1 N–H and O–H groups in total. The predicted molar refractivity (Wildman–Crippen MR) is 124 cm³/mol. The Labute approximate surface area is 196 Å². The number of rotatable bonds is 3. The van der Waals surface area contributed by atoms with Crippen LogP contribution in [0.4, 0.5) is 13.2 Å². The molecule has 3 nitrogen and oxygen atoms in total. The number of hydrogen-bond donors (Lipinski definition) is 1. The summed E-state index contributed by atoms with van der Waals surface area (Å²) in [5.41, 5.74) is 3.54. The summed E-state index contributed by atoms with van der Waals surface area (Å²) in [5.74, 6) is -3.18. The summed E-state index contributed by atoms with van der Waals surface area (Å²) in [6.45, 7) is 3.56. The first-order valence-electron chi connectivity index (χ1n) is 11.4. The maximum atomic E-state index is 14.5. The highest BCUT2D eigenvalue weighted by Crippen LogP contribution is 2.45. The number of halogens is 3. The van der Waals surface area contributed by atoms with Gasteiger partial charge < -0.3 is 10.1 Å². The maximum Gasteiger partial charge on any atom is 0.251 e. The van der Waals surface area contributed by atoms with Crippen molar-refractivity contribution in [2.24, 2.45) is 0 Å². The van der Waals surface area contributed by atoms with Crippen molar-refractivity contribution < 1.29 is 22.7 Å². The fourth-order valence-corrected chi connectivity index (χ4v) is 5.14. The number of para-hydroxylation sites is 1. The standard InChI is InChI=1S/C28H24F3NO2/c1-15-19-10-6-11-21(22-13-18(29)14-23(30)26(22)31)27(19)34-16(2)25(15)28(33)32-24-12-5-8-17-7-3-4-9-20(17)24/h3-4,6-7,9-11,13-15,24H,5,8,12H2,1-2H3,(H,32,33)/t15?,24-/m0/s1. The van der Waals surface area contributed by atoms with Crippen LogP contribution in [-0.2, 0) is 11.2 Å². The van der Waals surface area contributed by atoms with Gasteiger partial charge in [0.25, 0.3) is 5.91 Å². The number of nitrogens with one attached hydrogen (secondary N) is 1. The van der Waals surface area contributed by atoms with Gasteiger partial charge in [0, 0.05) is 28.7 Å². The molecule has 0 saturated carbocycles. The van der Waals surface area contributed by atoms with Gasteiger partial charge in [0.15, 0.2) is 11.6 Å². The molecule has 1 unspecified atom stereocenters. The zero-order valence-corrected chi connectivity index (χ0v) is 18.9. The van der Waals surface area contributed by atoms with E-state index in [0.717, 1.165) is 30.9 Å². The van der Waals surface area contributed by atoms with Crippen molar-refractivity contribution in [3.8, 4) is 16.9 Å². The molecule has 0 spiro atoms. The van der Waals surface area contributed by atoms with Crippen LogP contribution in [0.15, 0.2) is 65.9 Å². The molecule has 2 atom stereocenters. The Morgan fingerprint density at radius 3 is 2.59 bits per heavy atom. The highest BCUT2D eigenvalue weighted by Gasteiger charge is 2.33. The second-order valence-electron chi connectivity index (χ2n) is 8.88. The Morgan fingerprint density at radius 1 is 1.00 bits per heavy atom. The van der Waals surface area contributed by atoms with Crippen LogP contribution in [0.3, 0.4) is 0 Å². The lowest BCUT2D eigenvalue weighted by molar-refractivity contribution is -0.118. The second-order valence-corrected chi connectivity index (χ2v) is 8.88. The lowest BCUT2D eigenvalue weighted by Gasteiger charge is -2.31. The van der Waals surface area contributed by atoms with Crippen LogP contribution in [0.5, 0.6) is 5.75 Å². The number of allylic oxidation sites excluding steroid dienone is 1. The second kappa shape index (κ2) is 8.67. The molecule has 2 aliphatic rings. The third-order valence-corrected chi connectivity index (χ3v) is 6.78. The zero-order chi connectivity index (χ0) is 24.0. The maximum absolute atomic E-state index is 14.5. The van der Waals surface area contributed by atoms with Crippen LogP contribution in [0.1, 0.15) is 55.3 Å². The third kappa shape index (κ3) is 3.77. The topological polar surface area (TPSA) is 38.3 Å². The van der Waals surface area contributed by atoms with Crippen molar-refractivity contribution in [1.29, 1.82) is 0 Å². The van der Waals surface area contributed by atoms with Crippen LogP contribution in [0.2, 0.25) is 0 Å². The number of aryl methyl sites for hydroxylation is 1. The molecule has 3 aromatic carbocycles. The van der Waals surface area contributed by atoms with E-state index in [2.05, 4.69) is 17.4 Å². The summed E-state index contributed by atoms with van der Waals surface area (Å²) in [4.78, 5) is 13.4. The fourth-order valence-electron chi connectivity index (χ4n) is 5.14. The zero-order valence-electron chi connectivity index (χ0n) is 18.9. The Hall–Kier alpha value is -3.54. The van der Waals surface area contributed by atoms with E-state index in [1.54, 1.807) is 25.1 Å². The summed E-state index contributed by atoms with van der Waals surface area (Å²) in [6.07, 6.45) is 2.85. The molecule has 1 aliphatic carbocycles. The van der Waals surface area contributed by atoms with Gasteiger partial charge in [0.2, 0.25) is 0 Å². The number of carbonyl (C=O) groups is 1. The van der Waals surface area contributed by atoms with Crippen molar-refractivity contribution in [2.45, 2.75) is 45.1 Å². The molecule has 0 bridgehead atoms. The molecule has 0 radical (unpaired) electrons. The Kier molecular flexibility index (Phi) is 5.68. The van der Waals surface area contributed by atoms with Gasteiger partial charge in [-0.05, 0) is 43.4 Å². The van der Waals surface area contributed by atoms with Crippen molar-refractivity contribution in [2.75, 3.05) is 0 Å². The average molecular weight is 463 g/mol. The Balaban J connectivity index is 1.49. The summed E-state index contributed by atoms with van der Waals surface area (Å²) >= 11 is 0. The number of ether oxygens (including phenoxy) is 1. The lowest BCUT2D eigenvalue weighted by Crippen LogP contribution is -2.35. The Morgan fingerprint density at radius 2 is 1.76 bits per heavy atom. The van der Waals surface area contributed by atoms with Crippen molar-refractivity contribution in [1.82, 2.24) is 5.32 Å².